The Balaban J connectivity index is 1.49. The topological polar surface area (TPSA) is 70.2 Å². The third-order valence-corrected chi connectivity index (χ3v) is 5.83. The second-order valence-corrected chi connectivity index (χ2v) is 7.58. The number of nitrogens with one attached hydrogen (secondary N) is 3. The van der Waals surface area contributed by atoms with Crippen molar-refractivity contribution >= 4 is 17.5 Å². The zero-order valence-electron chi connectivity index (χ0n) is 15.3. The van der Waals surface area contributed by atoms with Gasteiger partial charge in [-0.3, -0.25) is 9.59 Å². The molecule has 5 nitrogen and oxygen atoms in total. The maximum atomic E-state index is 12.9. The van der Waals surface area contributed by atoms with E-state index in [4.69, 9.17) is 0 Å². The molecule has 2 unspecified atom stereocenters. The maximum absolute atomic E-state index is 12.9. The molecule has 1 heterocycles. The number of piperidine rings is 1. The van der Waals surface area contributed by atoms with E-state index < -0.39 is 6.04 Å². The Morgan fingerprint density at radius 1 is 0.963 bits per heavy atom. The summed E-state index contributed by atoms with van der Waals surface area (Å²) in [5, 5.41) is 9.28. The lowest BCUT2D eigenvalue weighted by Gasteiger charge is -2.24. The zero-order valence-corrected chi connectivity index (χ0v) is 15.3. The molecule has 2 aromatic rings. The minimum atomic E-state index is -0.696. The summed E-state index contributed by atoms with van der Waals surface area (Å²) in [5.41, 5.74) is 1.66. The van der Waals surface area contributed by atoms with Crippen molar-refractivity contribution in [2.75, 3.05) is 18.4 Å². The first-order valence-electron chi connectivity index (χ1n) is 9.60. The number of amides is 2. The highest BCUT2D eigenvalue weighted by atomic mass is 16.2. The molecule has 2 aliphatic rings. The summed E-state index contributed by atoms with van der Waals surface area (Å²) >= 11 is 0. The fourth-order valence-electron chi connectivity index (χ4n) is 4.12. The van der Waals surface area contributed by atoms with E-state index in [2.05, 4.69) is 16.0 Å². The van der Waals surface area contributed by atoms with Crippen LogP contribution in [-0.4, -0.2) is 24.9 Å². The first kappa shape index (κ1) is 17.7. The Hall–Kier alpha value is -2.66. The Bertz CT molecular complexity index is 801. The van der Waals surface area contributed by atoms with Crippen LogP contribution in [0.3, 0.4) is 0 Å². The number of hydrogen-bond donors (Lipinski definition) is 3. The van der Waals surface area contributed by atoms with Crippen LogP contribution in [0, 0.1) is 11.3 Å². The number of carbonyl (C=O) groups is 2. The SMILES string of the molecule is O=C(Nc1ccccc1)C(NC(=O)C1CC12CCNCC2)c1ccccc1. The van der Waals surface area contributed by atoms with Gasteiger partial charge >= 0.3 is 0 Å². The van der Waals surface area contributed by atoms with E-state index in [1.807, 2.05) is 60.7 Å². The third kappa shape index (κ3) is 3.88. The van der Waals surface area contributed by atoms with Crippen molar-refractivity contribution in [3.63, 3.8) is 0 Å². The number of rotatable bonds is 5. The highest BCUT2D eigenvalue weighted by Crippen LogP contribution is 2.58. The average molecular weight is 363 g/mol. The normalized spacial score (nSPS) is 21.3. The molecule has 2 aromatic carbocycles. The lowest BCUT2D eigenvalue weighted by atomic mass is 9.91. The van der Waals surface area contributed by atoms with Crippen molar-refractivity contribution in [2.24, 2.45) is 11.3 Å². The van der Waals surface area contributed by atoms with Crippen LogP contribution in [0.4, 0.5) is 5.69 Å². The number of hydrogen-bond acceptors (Lipinski definition) is 3. The summed E-state index contributed by atoms with van der Waals surface area (Å²) < 4.78 is 0. The first-order valence-corrected chi connectivity index (χ1v) is 9.60. The van der Waals surface area contributed by atoms with Crippen molar-refractivity contribution in [1.29, 1.82) is 0 Å². The van der Waals surface area contributed by atoms with Gasteiger partial charge in [-0.2, -0.15) is 0 Å². The smallest absolute Gasteiger partial charge is 0.251 e. The molecule has 1 spiro atoms. The monoisotopic (exact) mass is 363 g/mol. The lowest BCUT2D eigenvalue weighted by Crippen LogP contribution is -2.39. The minimum absolute atomic E-state index is 0.00559. The van der Waals surface area contributed by atoms with Gasteiger partial charge in [-0.15, -0.1) is 0 Å². The standard InChI is InChI=1S/C22H25N3O2/c26-20(18-15-22(18)11-13-23-14-12-22)25-19(16-7-3-1-4-8-16)21(27)24-17-9-5-2-6-10-17/h1-10,18-19,23H,11-15H2,(H,24,27)(H,25,26). The summed E-state index contributed by atoms with van der Waals surface area (Å²) in [6, 6.07) is 18.1. The molecule has 140 valence electrons. The first-order chi connectivity index (χ1) is 13.2. The fraction of sp³-hybridized carbons (Fsp3) is 0.364. The van der Waals surface area contributed by atoms with Crippen LogP contribution >= 0.6 is 0 Å². The van der Waals surface area contributed by atoms with Gasteiger partial charge in [0.2, 0.25) is 5.91 Å². The van der Waals surface area contributed by atoms with Crippen molar-refractivity contribution in [1.82, 2.24) is 10.6 Å². The van der Waals surface area contributed by atoms with E-state index in [9.17, 15) is 9.59 Å². The van der Waals surface area contributed by atoms with Gasteiger partial charge in [-0.25, -0.2) is 0 Å². The van der Waals surface area contributed by atoms with Gasteiger partial charge in [0.15, 0.2) is 0 Å². The van der Waals surface area contributed by atoms with Crippen LogP contribution in [0.1, 0.15) is 30.9 Å². The Morgan fingerprint density at radius 2 is 1.59 bits per heavy atom. The summed E-state index contributed by atoms with van der Waals surface area (Å²) in [5.74, 6) is -0.204. The quantitative estimate of drug-likeness (QED) is 0.765. The van der Waals surface area contributed by atoms with E-state index in [0.29, 0.717) is 0 Å². The molecule has 1 aliphatic carbocycles. The maximum Gasteiger partial charge on any atom is 0.251 e. The zero-order chi connectivity index (χ0) is 18.7. The van der Waals surface area contributed by atoms with Gasteiger partial charge in [0.05, 0.1) is 0 Å². The summed E-state index contributed by atoms with van der Waals surface area (Å²) in [6.07, 6.45) is 3.01. The molecule has 0 aromatic heterocycles. The molecule has 27 heavy (non-hydrogen) atoms. The predicted molar refractivity (Wildman–Crippen MR) is 105 cm³/mol. The molecule has 3 N–H and O–H groups in total. The molecule has 4 rings (SSSR count). The second-order valence-electron chi connectivity index (χ2n) is 7.58. The molecule has 0 radical (unpaired) electrons. The molecule has 2 atom stereocenters. The van der Waals surface area contributed by atoms with Gasteiger partial charge in [0.1, 0.15) is 6.04 Å². The van der Waals surface area contributed by atoms with Crippen molar-refractivity contribution < 1.29 is 9.59 Å². The molecule has 5 heteroatoms. The van der Waals surface area contributed by atoms with Crippen molar-refractivity contribution in [3.05, 3.63) is 66.2 Å². The van der Waals surface area contributed by atoms with Crippen molar-refractivity contribution in [2.45, 2.75) is 25.3 Å². The van der Waals surface area contributed by atoms with Crippen LogP contribution in [0.15, 0.2) is 60.7 Å². The Morgan fingerprint density at radius 3 is 2.26 bits per heavy atom. The van der Waals surface area contributed by atoms with E-state index in [0.717, 1.165) is 43.6 Å². The average Bonchev–Trinajstić information content (AvgIpc) is 3.40. The fourth-order valence-corrected chi connectivity index (χ4v) is 4.12. The van der Waals surface area contributed by atoms with Gasteiger partial charge in [0, 0.05) is 11.6 Å². The second kappa shape index (κ2) is 7.53. The van der Waals surface area contributed by atoms with Gasteiger partial charge in [-0.05, 0) is 55.5 Å². The van der Waals surface area contributed by atoms with E-state index >= 15 is 0 Å². The van der Waals surface area contributed by atoms with E-state index in [-0.39, 0.29) is 23.1 Å². The van der Waals surface area contributed by atoms with Gasteiger partial charge in [0.25, 0.3) is 5.91 Å². The van der Waals surface area contributed by atoms with Crippen LogP contribution in [-0.2, 0) is 9.59 Å². The van der Waals surface area contributed by atoms with Crippen LogP contribution in [0.2, 0.25) is 0 Å². The summed E-state index contributed by atoms with van der Waals surface area (Å²) in [6.45, 7) is 1.95. The van der Waals surface area contributed by atoms with Crippen LogP contribution in [0.25, 0.3) is 0 Å². The third-order valence-electron chi connectivity index (χ3n) is 5.83. The molecular weight excluding hydrogens is 338 g/mol. The molecular formula is C22H25N3O2. The molecule has 2 amide bonds. The van der Waals surface area contributed by atoms with Gasteiger partial charge in [-0.1, -0.05) is 48.5 Å². The molecule has 1 saturated heterocycles. The number of carbonyl (C=O) groups excluding carboxylic acids is 2. The minimum Gasteiger partial charge on any atom is -0.340 e. The van der Waals surface area contributed by atoms with E-state index in [1.54, 1.807) is 0 Å². The lowest BCUT2D eigenvalue weighted by molar-refractivity contribution is -0.128. The summed E-state index contributed by atoms with van der Waals surface area (Å²) in [7, 11) is 0. The highest BCUT2D eigenvalue weighted by Gasteiger charge is 2.57. The molecule has 1 aliphatic heterocycles. The van der Waals surface area contributed by atoms with E-state index in [1.165, 1.54) is 0 Å². The molecule has 1 saturated carbocycles. The van der Waals surface area contributed by atoms with Crippen LogP contribution in [0.5, 0.6) is 0 Å². The Kier molecular flexibility index (Phi) is 4.94. The van der Waals surface area contributed by atoms with Crippen molar-refractivity contribution in [3.8, 4) is 0 Å². The Labute approximate surface area is 159 Å². The molecule has 2 fully saturated rings. The number of para-hydroxylation sites is 1. The van der Waals surface area contributed by atoms with Crippen LogP contribution < -0.4 is 16.0 Å². The summed E-state index contributed by atoms with van der Waals surface area (Å²) in [4.78, 5) is 25.8. The predicted octanol–water partition coefficient (Wildman–Crippen LogP) is 2.87. The highest BCUT2D eigenvalue weighted by molar-refractivity contribution is 5.98. The van der Waals surface area contributed by atoms with Gasteiger partial charge < -0.3 is 16.0 Å². The number of anilines is 1. The number of benzene rings is 2. The molecule has 0 bridgehead atoms. The largest absolute Gasteiger partial charge is 0.340 e.